The predicted octanol–water partition coefficient (Wildman–Crippen LogP) is 4.63. The second kappa shape index (κ2) is 8.38. The molecule has 1 saturated carbocycles. The quantitative estimate of drug-likeness (QED) is 0.701. The Morgan fingerprint density at radius 1 is 1.05 bits per heavy atom. The Hall–Kier alpha value is -0.0800. The van der Waals surface area contributed by atoms with E-state index in [1.54, 1.807) is 0 Å². The third kappa shape index (κ3) is 6.13. The van der Waals surface area contributed by atoms with Crippen LogP contribution in [0.25, 0.3) is 0 Å². The van der Waals surface area contributed by atoms with Gasteiger partial charge in [0.15, 0.2) is 0 Å². The summed E-state index contributed by atoms with van der Waals surface area (Å²) in [6, 6.07) is 0.545. The van der Waals surface area contributed by atoms with Crippen molar-refractivity contribution in [1.29, 1.82) is 0 Å². The maximum Gasteiger partial charge on any atom is 0.0806 e. The number of rotatable bonds is 8. The Kier molecular flexibility index (Phi) is 7.53. The number of hydrogen-bond donors (Lipinski definition) is 1. The first-order valence-corrected chi connectivity index (χ1v) is 8.72. The molecule has 20 heavy (non-hydrogen) atoms. The molecular formula is C18H37NO. The Balaban J connectivity index is 2.52. The normalized spacial score (nSPS) is 27.8. The molecule has 0 aromatic heterocycles. The Bertz CT molecular complexity index is 247. The SMILES string of the molecule is CC(C)CCOC1(CNC(C)C)CCC(C(C)C)CC1. The summed E-state index contributed by atoms with van der Waals surface area (Å²) in [5.74, 6) is 2.45. The molecular weight excluding hydrogens is 246 g/mol. The van der Waals surface area contributed by atoms with Gasteiger partial charge in [0.05, 0.1) is 5.60 Å². The highest BCUT2D eigenvalue weighted by atomic mass is 16.5. The van der Waals surface area contributed by atoms with Crippen LogP contribution in [0.5, 0.6) is 0 Å². The molecule has 0 saturated heterocycles. The molecule has 0 unspecified atom stereocenters. The van der Waals surface area contributed by atoms with E-state index in [9.17, 15) is 0 Å². The zero-order valence-corrected chi connectivity index (χ0v) is 14.7. The lowest BCUT2D eigenvalue weighted by atomic mass is 9.74. The van der Waals surface area contributed by atoms with Gasteiger partial charge in [0.25, 0.3) is 0 Å². The van der Waals surface area contributed by atoms with Crippen molar-refractivity contribution >= 4 is 0 Å². The fourth-order valence-electron chi connectivity index (χ4n) is 3.11. The summed E-state index contributed by atoms with van der Waals surface area (Å²) < 4.78 is 6.40. The van der Waals surface area contributed by atoms with Gasteiger partial charge in [0.1, 0.15) is 0 Å². The first kappa shape index (κ1) is 18.0. The van der Waals surface area contributed by atoms with Crippen LogP contribution in [0.4, 0.5) is 0 Å². The molecule has 120 valence electrons. The number of hydrogen-bond acceptors (Lipinski definition) is 2. The van der Waals surface area contributed by atoms with Crippen LogP contribution in [0.2, 0.25) is 0 Å². The molecule has 2 heteroatoms. The monoisotopic (exact) mass is 283 g/mol. The van der Waals surface area contributed by atoms with Gasteiger partial charge >= 0.3 is 0 Å². The van der Waals surface area contributed by atoms with Crippen LogP contribution >= 0.6 is 0 Å². The van der Waals surface area contributed by atoms with Crippen molar-refractivity contribution in [3.63, 3.8) is 0 Å². The van der Waals surface area contributed by atoms with Crippen LogP contribution in [0, 0.1) is 17.8 Å². The van der Waals surface area contributed by atoms with Crippen LogP contribution in [-0.4, -0.2) is 24.8 Å². The first-order chi connectivity index (χ1) is 9.34. The molecule has 1 aliphatic carbocycles. The van der Waals surface area contributed by atoms with E-state index in [-0.39, 0.29) is 5.60 Å². The van der Waals surface area contributed by atoms with Crippen molar-refractivity contribution in [3.05, 3.63) is 0 Å². The van der Waals surface area contributed by atoms with E-state index in [0.717, 1.165) is 30.9 Å². The summed E-state index contributed by atoms with van der Waals surface area (Å²) in [5.41, 5.74) is 0.102. The number of nitrogens with one attached hydrogen (secondary N) is 1. The molecule has 0 aliphatic heterocycles. The van der Waals surface area contributed by atoms with Crippen molar-refractivity contribution in [2.45, 2.75) is 85.3 Å². The van der Waals surface area contributed by atoms with E-state index in [0.29, 0.717) is 6.04 Å². The standard InChI is InChI=1S/C18H37NO/c1-14(2)9-12-20-18(13-19-16(5)6)10-7-17(8-11-18)15(3)4/h14-17,19H,7-13H2,1-6H3. The molecule has 0 spiro atoms. The lowest BCUT2D eigenvalue weighted by Crippen LogP contribution is -2.48. The highest BCUT2D eigenvalue weighted by molar-refractivity contribution is 4.90. The van der Waals surface area contributed by atoms with Crippen molar-refractivity contribution in [2.24, 2.45) is 17.8 Å². The zero-order valence-electron chi connectivity index (χ0n) is 14.7. The van der Waals surface area contributed by atoms with Crippen LogP contribution < -0.4 is 5.32 Å². The first-order valence-electron chi connectivity index (χ1n) is 8.72. The molecule has 0 atom stereocenters. The molecule has 1 aliphatic rings. The topological polar surface area (TPSA) is 21.3 Å². The van der Waals surface area contributed by atoms with Crippen LogP contribution in [0.3, 0.4) is 0 Å². The van der Waals surface area contributed by atoms with E-state index in [4.69, 9.17) is 4.74 Å². The summed E-state index contributed by atoms with van der Waals surface area (Å²) in [6.07, 6.45) is 6.30. The minimum absolute atomic E-state index is 0.102. The molecule has 1 rings (SSSR count). The predicted molar refractivity (Wildman–Crippen MR) is 88.1 cm³/mol. The van der Waals surface area contributed by atoms with Crippen molar-refractivity contribution in [3.8, 4) is 0 Å². The van der Waals surface area contributed by atoms with Gasteiger partial charge < -0.3 is 10.1 Å². The van der Waals surface area contributed by atoms with Crippen molar-refractivity contribution in [1.82, 2.24) is 5.32 Å². The van der Waals surface area contributed by atoms with E-state index in [1.807, 2.05) is 0 Å². The molecule has 1 N–H and O–H groups in total. The maximum absolute atomic E-state index is 6.40. The molecule has 0 radical (unpaired) electrons. The molecule has 2 nitrogen and oxygen atoms in total. The van der Waals surface area contributed by atoms with Gasteiger partial charge in [-0.25, -0.2) is 0 Å². The summed E-state index contributed by atoms with van der Waals surface area (Å²) in [5, 5.41) is 3.61. The fourth-order valence-corrected chi connectivity index (χ4v) is 3.11. The number of ether oxygens (including phenoxy) is 1. The van der Waals surface area contributed by atoms with Crippen molar-refractivity contribution in [2.75, 3.05) is 13.2 Å². The Labute approximate surface area is 127 Å². The zero-order chi connectivity index (χ0) is 15.2. The molecule has 0 amide bonds. The van der Waals surface area contributed by atoms with E-state index >= 15 is 0 Å². The minimum atomic E-state index is 0.102. The van der Waals surface area contributed by atoms with Gasteiger partial charge in [-0.1, -0.05) is 41.5 Å². The van der Waals surface area contributed by atoms with E-state index in [1.165, 1.54) is 32.1 Å². The average molecular weight is 284 g/mol. The van der Waals surface area contributed by atoms with Crippen LogP contribution in [-0.2, 0) is 4.74 Å². The van der Waals surface area contributed by atoms with Gasteiger partial charge in [-0.2, -0.15) is 0 Å². The van der Waals surface area contributed by atoms with Crippen molar-refractivity contribution < 1.29 is 4.74 Å². The molecule has 1 fully saturated rings. The molecule has 0 heterocycles. The lowest BCUT2D eigenvalue weighted by Gasteiger charge is -2.42. The van der Waals surface area contributed by atoms with Crippen LogP contribution in [0.1, 0.15) is 73.6 Å². The third-order valence-corrected chi connectivity index (χ3v) is 4.82. The highest BCUT2D eigenvalue weighted by Gasteiger charge is 2.36. The van der Waals surface area contributed by atoms with E-state index < -0.39 is 0 Å². The second-order valence-electron chi connectivity index (χ2n) is 7.83. The van der Waals surface area contributed by atoms with Gasteiger partial charge in [-0.05, 0) is 49.9 Å². The summed E-state index contributed by atoms with van der Waals surface area (Å²) >= 11 is 0. The average Bonchev–Trinajstić information content (AvgIpc) is 2.36. The van der Waals surface area contributed by atoms with Gasteiger partial charge in [-0.3, -0.25) is 0 Å². The molecule has 0 bridgehead atoms. The largest absolute Gasteiger partial charge is 0.374 e. The summed E-state index contributed by atoms with van der Waals surface area (Å²) in [7, 11) is 0. The molecule has 0 aromatic rings. The summed E-state index contributed by atoms with van der Waals surface area (Å²) in [6.45, 7) is 15.7. The lowest BCUT2D eigenvalue weighted by molar-refractivity contribution is -0.0831. The fraction of sp³-hybridized carbons (Fsp3) is 1.00. The Morgan fingerprint density at radius 3 is 2.10 bits per heavy atom. The third-order valence-electron chi connectivity index (χ3n) is 4.82. The second-order valence-corrected chi connectivity index (χ2v) is 7.83. The van der Waals surface area contributed by atoms with Gasteiger partial charge in [-0.15, -0.1) is 0 Å². The van der Waals surface area contributed by atoms with Gasteiger partial charge in [0, 0.05) is 19.2 Å². The minimum Gasteiger partial charge on any atom is -0.374 e. The van der Waals surface area contributed by atoms with Gasteiger partial charge in [0.2, 0.25) is 0 Å². The Morgan fingerprint density at radius 2 is 1.65 bits per heavy atom. The smallest absolute Gasteiger partial charge is 0.0806 e. The molecule has 0 aromatic carbocycles. The van der Waals surface area contributed by atoms with Crippen LogP contribution in [0.15, 0.2) is 0 Å². The highest BCUT2D eigenvalue weighted by Crippen LogP contribution is 2.38. The van der Waals surface area contributed by atoms with E-state index in [2.05, 4.69) is 46.9 Å². The maximum atomic E-state index is 6.40. The summed E-state index contributed by atoms with van der Waals surface area (Å²) in [4.78, 5) is 0.